The van der Waals surface area contributed by atoms with Crippen LogP contribution in [-0.4, -0.2) is 25.4 Å². The standard InChI is InChI=1S/C27H23N7O2/c1-18-8-9-20(26(35)30-22-6-3-7-23(14-22)33-15-19(2)29-17-33)13-25(18)32-27-28-11-10-24(31-27)21-5-4-12-34(36)16-21/h3-17H,1-2H3,(H,30,35)(H,28,31,32). The zero-order chi connectivity index (χ0) is 25.1. The van der Waals surface area contributed by atoms with Gasteiger partial charge in [-0.05, 0) is 61.9 Å². The Morgan fingerprint density at radius 3 is 2.72 bits per heavy atom. The minimum atomic E-state index is -0.240. The summed E-state index contributed by atoms with van der Waals surface area (Å²) in [4.78, 5) is 26.1. The molecule has 5 aromatic rings. The van der Waals surface area contributed by atoms with Gasteiger partial charge in [0, 0.05) is 41.1 Å². The van der Waals surface area contributed by atoms with Gasteiger partial charge in [0.2, 0.25) is 5.95 Å². The van der Waals surface area contributed by atoms with E-state index in [0.717, 1.165) is 21.7 Å². The molecule has 36 heavy (non-hydrogen) atoms. The van der Waals surface area contributed by atoms with E-state index in [2.05, 4.69) is 25.6 Å². The van der Waals surface area contributed by atoms with Gasteiger partial charge in [0.25, 0.3) is 5.91 Å². The molecule has 0 aliphatic carbocycles. The Kier molecular flexibility index (Phi) is 6.10. The van der Waals surface area contributed by atoms with Crippen LogP contribution < -0.4 is 15.4 Å². The maximum absolute atomic E-state index is 13.0. The molecule has 0 aliphatic heterocycles. The number of rotatable bonds is 6. The van der Waals surface area contributed by atoms with Crippen molar-refractivity contribution >= 4 is 23.2 Å². The molecule has 0 spiro atoms. The number of aryl methyl sites for hydroxylation is 2. The van der Waals surface area contributed by atoms with Crippen LogP contribution in [-0.2, 0) is 0 Å². The zero-order valence-electron chi connectivity index (χ0n) is 19.7. The Morgan fingerprint density at radius 2 is 1.92 bits per heavy atom. The molecule has 0 bridgehead atoms. The van der Waals surface area contributed by atoms with Crippen molar-refractivity contribution in [1.82, 2.24) is 19.5 Å². The van der Waals surface area contributed by atoms with Crippen molar-refractivity contribution in [1.29, 1.82) is 0 Å². The molecule has 0 unspecified atom stereocenters. The second-order valence-electron chi connectivity index (χ2n) is 8.30. The van der Waals surface area contributed by atoms with Crippen LogP contribution in [0, 0.1) is 19.1 Å². The van der Waals surface area contributed by atoms with Gasteiger partial charge in [-0.3, -0.25) is 4.79 Å². The summed E-state index contributed by atoms with van der Waals surface area (Å²) in [5.41, 5.74) is 5.89. The number of amides is 1. The van der Waals surface area contributed by atoms with Gasteiger partial charge in [-0.15, -0.1) is 0 Å². The summed E-state index contributed by atoms with van der Waals surface area (Å²) < 4.78 is 2.63. The average Bonchev–Trinajstić information content (AvgIpc) is 3.32. The van der Waals surface area contributed by atoms with Crippen molar-refractivity contribution in [3.63, 3.8) is 0 Å². The van der Waals surface area contributed by atoms with Crippen LogP contribution in [0.1, 0.15) is 21.6 Å². The maximum atomic E-state index is 13.0. The van der Waals surface area contributed by atoms with E-state index in [4.69, 9.17) is 0 Å². The third-order valence-corrected chi connectivity index (χ3v) is 5.59. The van der Waals surface area contributed by atoms with Crippen LogP contribution in [0.15, 0.2) is 91.8 Å². The lowest BCUT2D eigenvalue weighted by Gasteiger charge is -2.12. The molecule has 9 nitrogen and oxygen atoms in total. The summed E-state index contributed by atoms with van der Waals surface area (Å²) in [6.07, 6.45) is 8.14. The fraction of sp³-hybridized carbons (Fsp3) is 0.0741. The first-order chi connectivity index (χ1) is 17.4. The van der Waals surface area contributed by atoms with Gasteiger partial charge in [0.05, 0.1) is 23.3 Å². The van der Waals surface area contributed by atoms with Crippen molar-refractivity contribution in [3.05, 3.63) is 114 Å². The third-order valence-electron chi connectivity index (χ3n) is 5.59. The number of aromatic nitrogens is 5. The number of imidazole rings is 1. The molecule has 5 rings (SSSR count). The van der Waals surface area contributed by atoms with E-state index in [1.165, 1.54) is 12.4 Å². The molecule has 1 amide bonds. The first kappa shape index (κ1) is 22.7. The summed E-state index contributed by atoms with van der Waals surface area (Å²) in [6, 6.07) is 18.2. The summed E-state index contributed by atoms with van der Waals surface area (Å²) in [5, 5.41) is 17.8. The fourth-order valence-electron chi connectivity index (χ4n) is 3.71. The summed E-state index contributed by atoms with van der Waals surface area (Å²) in [5.74, 6) is 0.119. The molecule has 178 valence electrons. The van der Waals surface area contributed by atoms with Crippen molar-refractivity contribution in [2.75, 3.05) is 10.6 Å². The summed E-state index contributed by atoms with van der Waals surface area (Å²) in [7, 11) is 0. The van der Waals surface area contributed by atoms with Gasteiger partial charge >= 0.3 is 0 Å². The molecule has 0 radical (unpaired) electrons. The van der Waals surface area contributed by atoms with Crippen molar-refractivity contribution < 1.29 is 9.52 Å². The number of carbonyl (C=O) groups excluding carboxylic acids is 1. The quantitative estimate of drug-likeness (QED) is 0.274. The predicted octanol–water partition coefficient (Wildman–Crippen LogP) is 4.58. The Bertz CT molecular complexity index is 1560. The SMILES string of the molecule is Cc1cn(-c2cccc(NC(=O)c3ccc(C)c(Nc4nccc(-c5ccc[n+]([O-])c5)n4)c3)c2)cn1. The lowest BCUT2D eigenvalue weighted by molar-refractivity contribution is -0.604. The fourth-order valence-corrected chi connectivity index (χ4v) is 3.71. The van der Waals surface area contributed by atoms with Crippen LogP contribution >= 0.6 is 0 Å². The van der Waals surface area contributed by atoms with Gasteiger partial charge in [0.15, 0.2) is 12.4 Å². The van der Waals surface area contributed by atoms with Gasteiger partial charge in [-0.25, -0.2) is 15.0 Å². The topological polar surface area (TPSA) is 112 Å². The summed E-state index contributed by atoms with van der Waals surface area (Å²) in [6.45, 7) is 3.86. The normalized spacial score (nSPS) is 10.7. The first-order valence-corrected chi connectivity index (χ1v) is 11.3. The van der Waals surface area contributed by atoms with Crippen molar-refractivity contribution in [3.8, 4) is 16.9 Å². The molecule has 3 aromatic heterocycles. The number of anilines is 3. The Labute approximate surface area is 207 Å². The van der Waals surface area contributed by atoms with Crippen LogP contribution in [0.4, 0.5) is 17.3 Å². The molecule has 0 saturated heterocycles. The molecule has 2 aromatic carbocycles. The molecule has 0 saturated carbocycles. The van der Waals surface area contributed by atoms with E-state index in [-0.39, 0.29) is 5.91 Å². The minimum absolute atomic E-state index is 0.240. The van der Waals surface area contributed by atoms with Crippen LogP contribution in [0.2, 0.25) is 0 Å². The first-order valence-electron chi connectivity index (χ1n) is 11.3. The van der Waals surface area contributed by atoms with Crippen molar-refractivity contribution in [2.24, 2.45) is 0 Å². The Morgan fingerprint density at radius 1 is 1.03 bits per heavy atom. The van der Waals surface area contributed by atoms with E-state index in [9.17, 15) is 10.0 Å². The van der Waals surface area contributed by atoms with E-state index < -0.39 is 0 Å². The van der Waals surface area contributed by atoms with Crippen LogP contribution in [0.25, 0.3) is 16.9 Å². The van der Waals surface area contributed by atoms with Crippen LogP contribution in [0.5, 0.6) is 0 Å². The summed E-state index contributed by atoms with van der Waals surface area (Å²) >= 11 is 0. The molecule has 0 fully saturated rings. The number of carbonyl (C=O) groups is 1. The van der Waals surface area contributed by atoms with Gasteiger partial charge in [0.1, 0.15) is 0 Å². The van der Waals surface area contributed by atoms with E-state index in [1.807, 2.05) is 54.9 Å². The number of nitrogens with one attached hydrogen (secondary N) is 2. The van der Waals surface area contributed by atoms with E-state index in [1.54, 1.807) is 42.9 Å². The Balaban J connectivity index is 1.35. The Hall–Kier alpha value is -5.05. The number of pyridine rings is 1. The second-order valence-corrected chi connectivity index (χ2v) is 8.30. The monoisotopic (exact) mass is 477 g/mol. The third kappa shape index (κ3) is 5.05. The number of hydrogen-bond acceptors (Lipinski definition) is 6. The lowest BCUT2D eigenvalue weighted by Crippen LogP contribution is -2.24. The molecule has 0 aliphatic rings. The largest absolute Gasteiger partial charge is 0.619 e. The van der Waals surface area contributed by atoms with Gasteiger partial charge < -0.3 is 20.4 Å². The molecule has 3 heterocycles. The number of benzene rings is 2. The molecule has 9 heteroatoms. The van der Waals surface area contributed by atoms with E-state index in [0.29, 0.717) is 34.1 Å². The van der Waals surface area contributed by atoms with Gasteiger partial charge in [-0.2, -0.15) is 4.73 Å². The lowest BCUT2D eigenvalue weighted by atomic mass is 10.1. The van der Waals surface area contributed by atoms with Gasteiger partial charge in [-0.1, -0.05) is 12.1 Å². The smallest absolute Gasteiger partial charge is 0.255 e. The molecule has 0 atom stereocenters. The van der Waals surface area contributed by atoms with Crippen LogP contribution in [0.3, 0.4) is 0 Å². The highest BCUT2D eigenvalue weighted by molar-refractivity contribution is 6.05. The minimum Gasteiger partial charge on any atom is -0.619 e. The van der Waals surface area contributed by atoms with Crippen molar-refractivity contribution in [2.45, 2.75) is 13.8 Å². The second kappa shape index (κ2) is 9.67. The highest BCUT2D eigenvalue weighted by atomic mass is 16.5. The average molecular weight is 478 g/mol. The highest BCUT2D eigenvalue weighted by Gasteiger charge is 2.12. The molecular formula is C27H23N7O2. The van der Waals surface area contributed by atoms with E-state index >= 15 is 0 Å². The zero-order valence-corrected chi connectivity index (χ0v) is 19.7. The molecule has 2 N–H and O–H groups in total. The highest BCUT2D eigenvalue weighted by Crippen LogP contribution is 2.23. The molecular weight excluding hydrogens is 454 g/mol. The maximum Gasteiger partial charge on any atom is 0.255 e. The predicted molar refractivity (Wildman–Crippen MR) is 137 cm³/mol. The number of hydrogen-bond donors (Lipinski definition) is 2. The number of nitrogens with zero attached hydrogens (tertiary/aromatic N) is 5.